The monoisotopic (exact) mass is 301 g/mol. The van der Waals surface area contributed by atoms with Crippen LogP contribution >= 0.6 is 0 Å². The number of rotatable bonds is 4. The van der Waals surface area contributed by atoms with Crippen molar-refractivity contribution in [3.05, 3.63) is 24.1 Å². The van der Waals surface area contributed by atoms with E-state index in [1.165, 1.54) is 19.3 Å². The van der Waals surface area contributed by atoms with Crippen LogP contribution in [0.1, 0.15) is 44.4 Å². The minimum absolute atomic E-state index is 0.0170. The van der Waals surface area contributed by atoms with Crippen LogP contribution in [0.5, 0.6) is 0 Å². The Morgan fingerprint density at radius 1 is 1.36 bits per heavy atom. The van der Waals surface area contributed by atoms with Crippen LogP contribution in [-0.4, -0.2) is 17.4 Å². The van der Waals surface area contributed by atoms with Crippen molar-refractivity contribution in [2.45, 2.75) is 45.4 Å². The first-order valence-corrected chi connectivity index (χ1v) is 7.97. The van der Waals surface area contributed by atoms with Crippen LogP contribution in [0, 0.1) is 12.3 Å². The Kier molecular flexibility index (Phi) is 4.16. The van der Waals surface area contributed by atoms with Gasteiger partial charge in [-0.25, -0.2) is 4.98 Å². The van der Waals surface area contributed by atoms with Crippen LogP contribution in [0.4, 0.5) is 5.69 Å². The first-order chi connectivity index (χ1) is 10.6. The Labute approximate surface area is 130 Å². The highest BCUT2D eigenvalue weighted by atomic mass is 16.3. The number of carbonyl (C=O) groups is 1. The first kappa shape index (κ1) is 15.0. The lowest BCUT2D eigenvalue weighted by Gasteiger charge is -2.35. The largest absolute Gasteiger partial charge is 0.441 e. The molecule has 118 valence electrons. The maximum atomic E-state index is 12.4. The van der Waals surface area contributed by atoms with Gasteiger partial charge in [0.05, 0.1) is 0 Å². The molecule has 1 fully saturated rings. The molecule has 0 saturated heterocycles. The molecule has 0 radical (unpaired) electrons. The zero-order valence-corrected chi connectivity index (χ0v) is 13.0. The van der Waals surface area contributed by atoms with Crippen molar-refractivity contribution in [1.29, 1.82) is 0 Å². The summed E-state index contributed by atoms with van der Waals surface area (Å²) in [6, 6.07) is 5.53. The van der Waals surface area contributed by atoms with Gasteiger partial charge in [0.2, 0.25) is 5.91 Å². The summed E-state index contributed by atoms with van der Waals surface area (Å²) in [5.74, 6) is 0.662. The Balaban J connectivity index is 1.69. The molecule has 1 aromatic carbocycles. The maximum absolute atomic E-state index is 12.4. The highest BCUT2D eigenvalue weighted by molar-refractivity contribution is 5.93. The fourth-order valence-electron chi connectivity index (χ4n) is 3.42. The quantitative estimate of drug-likeness (QED) is 0.907. The second-order valence-electron chi connectivity index (χ2n) is 6.41. The molecule has 1 aliphatic carbocycles. The predicted octanol–water partition coefficient (Wildman–Crippen LogP) is 3.37. The van der Waals surface area contributed by atoms with Gasteiger partial charge in [0, 0.05) is 19.0 Å². The second kappa shape index (κ2) is 6.08. The number of nitrogens with one attached hydrogen (secondary N) is 1. The molecular formula is C17H23N3O2. The molecule has 0 bridgehead atoms. The molecule has 1 amide bonds. The molecule has 5 nitrogen and oxygen atoms in total. The van der Waals surface area contributed by atoms with Gasteiger partial charge in [-0.2, -0.15) is 0 Å². The van der Waals surface area contributed by atoms with E-state index in [4.69, 9.17) is 10.2 Å². The molecular weight excluding hydrogens is 278 g/mol. The summed E-state index contributed by atoms with van der Waals surface area (Å²) in [5.41, 5.74) is 8.20. The zero-order valence-electron chi connectivity index (χ0n) is 13.0. The molecule has 5 heteroatoms. The fourth-order valence-corrected chi connectivity index (χ4v) is 3.42. The number of hydrogen-bond acceptors (Lipinski definition) is 4. The van der Waals surface area contributed by atoms with Gasteiger partial charge in [0.15, 0.2) is 11.5 Å². The Morgan fingerprint density at radius 3 is 2.86 bits per heavy atom. The SMILES string of the molecule is Cc1nc2cc(NC(=O)CC3(CN)CCCCC3)ccc2o1. The summed E-state index contributed by atoms with van der Waals surface area (Å²) in [7, 11) is 0. The van der Waals surface area contributed by atoms with Gasteiger partial charge in [-0.15, -0.1) is 0 Å². The fraction of sp³-hybridized carbons (Fsp3) is 0.529. The normalized spacial score (nSPS) is 17.5. The Hall–Kier alpha value is -1.88. The van der Waals surface area contributed by atoms with Gasteiger partial charge in [0.1, 0.15) is 5.52 Å². The minimum atomic E-state index is -0.0170. The number of anilines is 1. The summed E-state index contributed by atoms with van der Waals surface area (Å²) in [6.45, 7) is 2.40. The summed E-state index contributed by atoms with van der Waals surface area (Å²) < 4.78 is 5.44. The van der Waals surface area contributed by atoms with E-state index in [-0.39, 0.29) is 11.3 Å². The summed E-state index contributed by atoms with van der Waals surface area (Å²) in [4.78, 5) is 16.7. The van der Waals surface area contributed by atoms with E-state index in [0.29, 0.717) is 18.9 Å². The lowest BCUT2D eigenvalue weighted by molar-refractivity contribution is -0.118. The van der Waals surface area contributed by atoms with Crippen LogP contribution in [0.15, 0.2) is 22.6 Å². The number of oxazole rings is 1. The number of aromatic nitrogens is 1. The zero-order chi connectivity index (χ0) is 15.6. The second-order valence-corrected chi connectivity index (χ2v) is 6.41. The average molecular weight is 301 g/mol. The number of carbonyl (C=O) groups excluding carboxylic acids is 1. The number of benzene rings is 1. The molecule has 22 heavy (non-hydrogen) atoms. The van der Waals surface area contributed by atoms with E-state index in [0.717, 1.165) is 29.6 Å². The topological polar surface area (TPSA) is 81.2 Å². The van der Waals surface area contributed by atoms with Crippen molar-refractivity contribution >= 4 is 22.7 Å². The van der Waals surface area contributed by atoms with Crippen molar-refractivity contribution < 1.29 is 9.21 Å². The third-order valence-corrected chi connectivity index (χ3v) is 4.66. The Bertz CT molecular complexity index is 672. The maximum Gasteiger partial charge on any atom is 0.224 e. The van der Waals surface area contributed by atoms with Crippen molar-refractivity contribution in [3.63, 3.8) is 0 Å². The van der Waals surface area contributed by atoms with Crippen molar-refractivity contribution in [2.24, 2.45) is 11.1 Å². The van der Waals surface area contributed by atoms with Gasteiger partial charge in [-0.1, -0.05) is 19.3 Å². The number of nitrogens with zero attached hydrogens (tertiary/aromatic N) is 1. The predicted molar refractivity (Wildman–Crippen MR) is 86.6 cm³/mol. The van der Waals surface area contributed by atoms with E-state index in [2.05, 4.69) is 10.3 Å². The molecule has 1 aromatic heterocycles. The molecule has 1 aliphatic rings. The van der Waals surface area contributed by atoms with E-state index in [1.807, 2.05) is 25.1 Å². The van der Waals surface area contributed by atoms with Gasteiger partial charge in [-0.3, -0.25) is 4.79 Å². The van der Waals surface area contributed by atoms with Gasteiger partial charge >= 0.3 is 0 Å². The van der Waals surface area contributed by atoms with Gasteiger partial charge < -0.3 is 15.5 Å². The minimum Gasteiger partial charge on any atom is -0.441 e. The number of aryl methyl sites for hydroxylation is 1. The van der Waals surface area contributed by atoms with Crippen molar-refractivity contribution in [3.8, 4) is 0 Å². The Morgan fingerprint density at radius 2 is 2.14 bits per heavy atom. The number of amides is 1. The van der Waals surface area contributed by atoms with Crippen LogP contribution in [-0.2, 0) is 4.79 Å². The molecule has 0 aliphatic heterocycles. The van der Waals surface area contributed by atoms with E-state index in [9.17, 15) is 4.79 Å². The lowest BCUT2D eigenvalue weighted by Crippen LogP contribution is -2.36. The van der Waals surface area contributed by atoms with E-state index < -0.39 is 0 Å². The van der Waals surface area contributed by atoms with Crippen molar-refractivity contribution in [2.75, 3.05) is 11.9 Å². The third kappa shape index (κ3) is 3.14. The van der Waals surface area contributed by atoms with Crippen molar-refractivity contribution in [1.82, 2.24) is 4.98 Å². The number of hydrogen-bond donors (Lipinski definition) is 2. The summed E-state index contributed by atoms with van der Waals surface area (Å²) in [6.07, 6.45) is 6.21. The summed E-state index contributed by atoms with van der Waals surface area (Å²) >= 11 is 0. The molecule has 1 heterocycles. The average Bonchev–Trinajstić information content (AvgIpc) is 2.87. The standard InChI is InChI=1S/C17H23N3O2/c1-12-19-14-9-13(5-6-15(14)22-12)20-16(21)10-17(11-18)7-3-2-4-8-17/h5-6,9H,2-4,7-8,10-11,18H2,1H3,(H,20,21). The highest BCUT2D eigenvalue weighted by Gasteiger charge is 2.32. The van der Waals surface area contributed by atoms with Gasteiger partial charge in [-0.05, 0) is 43.0 Å². The number of fused-ring (bicyclic) bond motifs is 1. The highest BCUT2D eigenvalue weighted by Crippen LogP contribution is 2.38. The van der Waals surface area contributed by atoms with Crippen LogP contribution in [0.2, 0.25) is 0 Å². The van der Waals surface area contributed by atoms with Crippen LogP contribution in [0.3, 0.4) is 0 Å². The van der Waals surface area contributed by atoms with Crippen LogP contribution in [0.25, 0.3) is 11.1 Å². The molecule has 0 atom stereocenters. The molecule has 0 spiro atoms. The molecule has 2 aromatic rings. The van der Waals surface area contributed by atoms with E-state index >= 15 is 0 Å². The lowest BCUT2D eigenvalue weighted by atomic mass is 9.71. The first-order valence-electron chi connectivity index (χ1n) is 7.97. The third-order valence-electron chi connectivity index (χ3n) is 4.66. The van der Waals surface area contributed by atoms with Gasteiger partial charge in [0.25, 0.3) is 0 Å². The number of nitrogens with two attached hydrogens (primary N) is 1. The summed E-state index contributed by atoms with van der Waals surface area (Å²) in [5, 5.41) is 2.97. The smallest absolute Gasteiger partial charge is 0.224 e. The molecule has 0 unspecified atom stereocenters. The van der Waals surface area contributed by atoms with E-state index in [1.54, 1.807) is 0 Å². The molecule has 3 N–H and O–H groups in total. The van der Waals surface area contributed by atoms with Crippen LogP contribution < -0.4 is 11.1 Å². The molecule has 1 saturated carbocycles. The molecule has 3 rings (SSSR count).